The Morgan fingerprint density at radius 2 is 1.96 bits per heavy atom. The maximum Gasteiger partial charge on any atom is 0.153 e. The molecule has 1 aliphatic heterocycles. The predicted molar refractivity (Wildman–Crippen MR) is 101 cm³/mol. The van der Waals surface area contributed by atoms with Crippen LogP contribution in [0.2, 0.25) is 0 Å². The van der Waals surface area contributed by atoms with Gasteiger partial charge in [-0.3, -0.25) is 4.90 Å². The highest BCUT2D eigenvalue weighted by atomic mass is 16.5. The highest BCUT2D eigenvalue weighted by molar-refractivity contribution is 5.26. The van der Waals surface area contributed by atoms with Crippen molar-refractivity contribution in [1.29, 1.82) is 0 Å². The fourth-order valence-corrected chi connectivity index (χ4v) is 3.32. The predicted octanol–water partition coefficient (Wildman–Crippen LogP) is 3.40. The smallest absolute Gasteiger partial charge is 0.153 e. The highest BCUT2D eigenvalue weighted by Gasteiger charge is 2.22. The van der Waals surface area contributed by atoms with E-state index in [4.69, 9.17) is 4.74 Å². The van der Waals surface area contributed by atoms with Crippen LogP contribution >= 0.6 is 0 Å². The number of hydrogen-bond donors (Lipinski definition) is 0. The first-order chi connectivity index (χ1) is 12.8. The van der Waals surface area contributed by atoms with Crippen molar-refractivity contribution in [1.82, 2.24) is 19.7 Å². The van der Waals surface area contributed by atoms with Crippen molar-refractivity contribution in [3.63, 3.8) is 0 Å². The zero-order valence-electron chi connectivity index (χ0n) is 15.1. The molecule has 2 aromatic heterocycles. The fraction of sp³-hybridized carbons (Fsp3) is 0.333. The van der Waals surface area contributed by atoms with E-state index in [0.717, 1.165) is 38.5 Å². The van der Waals surface area contributed by atoms with E-state index in [1.54, 1.807) is 10.9 Å². The van der Waals surface area contributed by atoms with E-state index in [9.17, 15) is 0 Å². The van der Waals surface area contributed by atoms with E-state index in [0.29, 0.717) is 0 Å². The van der Waals surface area contributed by atoms with Crippen LogP contribution in [0.25, 0.3) is 5.82 Å². The Kier molecular flexibility index (Phi) is 5.09. The van der Waals surface area contributed by atoms with Gasteiger partial charge in [-0.2, -0.15) is 5.10 Å². The monoisotopic (exact) mass is 348 g/mol. The Morgan fingerprint density at radius 1 is 1.12 bits per heavy atom. The van der Waals surface area contributed by atoms with Gasteiger partial charge in [0.1, 0.15) is 0 Å². The minimum Gasteiger partial charge on any atom is -0.371 e. The molecule has 0 radical (unpaired) electrons. The third-order valence-electron chi connectivity index (χ3n) is 4.86. The number of ether oxygens (including phenoxy) is 1. The maximum atomic E-state index is 6.00. The van der Waals surface area contributed by atoms with Gasteiger partial charge in [-0.1, -0.05) is 37.3 Å². The van der Waals surface area contributed by atoms with Crippen LogP contribution < -0.4 is 0 Å². The molecule has 5 heteroatoms. The molecule has 0 N–H and O–H groups in total. The highest BCUT2D eigenvalue weighted by Crippen LogP contribution is 2.24. The zero-order valence-corrected chi connectivity index (χ0v) is 15.1. The van der Waals surface area contributed by atoms with Gasteiger partial charge in [0, 0.05) is 38.2 Å². The number of pyridine rings is 1. The van der Waals surface area contributed by atoms with Crippen LogP contribution in [0.5, 0.6) is 0 Å². The quantitative estimate of drug-likeness (QED) is 0.709. The molecular weight excluding hydrogens is 324 g/mol. The fourth-order valence-electron chi connectivity index (χ4n) is 3.32. The molecule has 1 aliphatic rings. The van der Waals surface area contributed by atoms with Gasteiger partial charge in [-0.25, -0.2) is 9.67 Å². The number of aromatic nitrogens is 3. The first-order valence-corrected chi connectivity index (χ1v) is 9.19. The van der Waals surface area contributed by atoms with Gasteiger partial charge in [-0.05, 0) is 35.2 Å². The Labute approximate surface area is 154 Å². The Morgan fingerprint density at radius 3 is 2.65 bits per heavy atom. The molecule has 1 aromatic carbocycles. The summed E-state index contributed by atoms with van der Waals surface area (Å²) in [5.74, 6) is 0.842. The van der Waals surface area contributed by atoms with Crippen molar-refractivity contribution in [2.75, 3.05) is 19.7 Å². The average molecular weight is 348 g/mol. The molecule has 5 nitrogen and oxygen atoms in total. The second kappa shape index (κ2) is 7.81. The van der Waals surface area contributed by atoms with Gasteiger partial charge in [-0.15, -0.1) is 0 Å². The first-order valence-electron chi connectivity index (χ1n) is 9.19. The lowest BCUT2D eigenvalue weighted by Gasteiger charge is -2.33. The Bertz CT molecular complexity index is 812. The van der Waals surface area contributed by atoms with Gasteiger partial charge >= 0.3 is 0 Å². The third-order valence-corrected chi connectivity index (χ3v) is 4.86. The summed E-state index contributed by atoms with van der Waals surface area (Å²) in [6.45, 7) is 5.69. The molecule has 0 bridgehead atoms. The Balaban J connectivity index is 1.40. The molecule has 134 valence electrons. The molecule has 0 saturated carbocycles. The number of rotatable bonds is 5. The number of benzene rings is 1. The van der Waals surface area contributed by atoms with E-state index in [2.05, 4.69) is 52.2 Å². The van der Waals surface area contributed by atoms with E-state index < -0.39 is 0 Å². The van der Waals surface area contributed by atoms with Crippen LogP contribution in [-0.2, 0) is 17.7 Å². The molecule has 0 aliphatic carbocycles. The van der Waals surface area contributed by atoms with E-state index in [-0.39, 0.29) is 6.10 Å². The van der Waals surface area contributed by atoms with Gasteiger partial charge in [0.25, 0.3) is 0 Å². The van der Waals surface area contributed by atoms with Crippen LogP contribution in [0.4, 0.5) is 0 Å². The standard InChI is InChI=1S/C21H24N4O/c1-2-17-4-7-19(8-5-17)20-16-24(12-13-26-20)15-18-6-9-21(22-14-18)25-11-3-10-23-25/h3-11,14,20H,2,12-13,15-16H2,1H3. The summed E-state index contributed by atoms with van der Waals surface area (Å²) >= 11 is 0. The second-order valence-corrected chi connectivity index (χ2v) is 6.66. The molecule has 1 fully saturated rings. The minimum absolute atomic E-state index is 0.144. The van der Waals surface area contributed by atoms with Crippen molar-refractivity contribution in [3.05, 3.63) is 77.7 Å². The average Bonchev–Trinajstić information content (AvgIpc) is 3.24. The van der Waals surface area contributed by atoms with E-state index >= 15 is 0 Å². The summed E-state index contributed by atoms with van der Waals surface area (Å²) in [7, 11) is 0. The summed E-state index contributed by atoms with van der Waals surface area (Å²) < 4.78 is 7.78. The first kappa shape index (κ1) is 16.9. The molecule has 4 rings (SSSR count). The van der Waals surface area contributed by atoms with Crippen molar-refractivity contribution in [2.45, 2.75) is 26.0 Å². The van der Waals surface area contributed by atoms with Gasteiger partial charge in [0.05, 0.1) is 12.7 Å². The number of aryl methyl sites for hydroxylation is 1. The van der Waals surface area contributed by atoms with Gasteiger partial charge in [0.15, 0.2) is 5.82 Å². The van der Waals surface area contributed by atoms with Crippen molar-refractivity contribution in [3.8, 4) is 5.82 Å². The lowest BCUT2D eigenvalue weighted by Crippen LogP contribution is -2.37. The van der Waals surface area contributed by atoms with E-state index in [1.165, 1.54) is 16.7 Å². The SMILES string of the molecule is CCc1ccc(C2CN(Cc3ccc(-n4cccn4)nc3)CCO2)cc1. The zero-order chi connectivity index (χ0) is 17.8. The normalized spacial score (nSPS) is 18.1. The molecule has 3 heterocycles. The number of hydrogen-bond acceptors (Lipinski definition) is 4. The summed E-state index contributed by atoms with van der Waals surface area (Å²) in [4.78, 5) is 6.96. The Hall–Kier alpha value is -2.50. The van der Waals surface area contributed by atoms with Crippen molar-refractivity contribution in [2.24, 2.45) is 0 Å². The van der Waals surface area contributed by atoms with Crippen LogP contribution in [0.15, 0.2) is 61.1 Å². The molecule has 0 amide bonds. The van der Waals surface area contributed by atoms with Gasteiger partial charge in [0.2, 0.25) is 0 Å². The van der Waals surface area contributed by atoms with Crippen molar-refractivity contribution >= 4 is 0 Å². The second-order valence-electron chi connectivity index (χ2n) is 6.66. The topological polar surface area (TPSA) is 43.2 Å². The summed E-state index contributed by atoms with van der Waals surface area (Å²) in [5, 5.41) is 4.21. The molecule has 1 unspecified atom stereocenters. The lowest BCUT2D eigenvalue weighted by molar-refractivity contribution is -0.0329. The van der Waals surface area contributed by atoms with Crippen LogP contribution in [-0.4, -0.2) is 39.4 Å². The molecule has 3 aromatic rings. The van der Waals surface area contributed by atoms with Gasteiger partial charge < -0.3 is 4.74 Å². The number of nitrogens with zero attached hydrogens (tertiary/aromatic N) is 4. The molecule has 0 spiro atoms. The van der Waals surface area contributed by atoms with E-state index in [1.807, 2.05) is 24.5 Å². The van der Waals surface area contributed by atoms with Crippen LogP contribution in [0.3, 0.4) is 0 Å². The molecular formula is C21H24N4O. The third kappa shape index (κ3) is 3.84. The maximum absolute atomic E-state index is 6.00. The minimum atomic E-state index is 0.144. The lowest BCUT2D eigenvalue weighted by atomic mass is 10.0. The number of morpholine rings is 1. The largest absolute Gasteiger partial charge is 0.371 e. The van der Waals surface area contributed by atoms with Crippen molar-refractivity contribution < 1.29 is 4.74 Å². The molecule has 1 atom stereocenters. The summed E-state index contributed by atoms with van der Waals surface area (Å²) in [5.41, 5.74) is 3.84. The summed E-state index contributed by atoms with van der Waals surface area (Å²) in [6, 6.07) is 14.9. The molecule has 1 saturated heterocycles. The summed E-state index contributed by atoms with van der Waals surface area (Å²) in [6.07, 6.45) is 6.82. The van der Waals surface area contributed by atoms with Crippen LogP contribution in [0.1, 0.15) is 29.7 Å². The molecule has 26 heavy (non-hydrogen) atoms. The van der Waals surface area contributed by atoms with Crippen LogP contribution in [0, 0.1) is 0 Å².